The van der Waals surface area contributed by atoms with Crippen molar-refractivity contribution in [3.05, 3.63) is 0 Å². The van der Waals surface area contributed by atoms with Gasteiger partial charge in [0, 0.05) is 19.4 Å². The van der Waals surface area contributed by atoms with Gasteiger partial charge in [-0.3, -0.25) is 0 Å². The van der Waals surface area contributed by atoms with Crippen LogP contribution in [0.15, 0.2) is 0 Å². The van der Waals surface area contributed by atoms with Crippen LogP contribution in [0.25, 0.3) is 0 Å². The summed E-state index contributed by atoms with van der Waals surface area (Å²) in [5.41, 5.74) is -12.6. The number of hydrogen-bond acceptors (Lipinski definition) is 3. The van der Waals surface area contributed by atoms with Crippen LogP contribution in [0.1, 0.15) is 32.1 Å². The van der Waals surface area contributed by atoms with Gasteiger partial charge >= 0.3 is 24.7 Å². The van der Waals surface area contributed by atoms with E-state index in [2.05, 4.69) is 0 Å². The van der Waals surface area contributed by atoms with E-state index in [9.17, 15) is 69.9 Å². The molecule has 19 heteroatoms. The fraction of sp³-hybridized carbons (Fsp3) is 1.00. The van der Waals surface area contributed by atoms with E-state index in [1.807, 2.05) is 4.72 Å². The fourth-order valence-corrected chi connectivity index (χ4v) is 4.26. The second-order valence-electron chi connectivity index (χ2n) is 8.38. The Labute approximate surface area is 197 Å². The van der Waals surface area contributed by atoms with Gasteiger partial charge in [-0.1, -0.05) is 0 Å². The minimum atomic E-state index is -6.83. The summed E-state index contributed by atoms with van der Waals surface area (Å²) in [6, 6.07) is 0. The van der Waals surface area contributed by atoms with Gasteiger partial charge < -0.3 is 4.90 Å². The summed E-state index contributed by atoms with van der Waals surface area (Å²) >= 11 is 0. The van der Waals surface area contributed by atoms with E-state index in [4.69, 9.17) is 0 Å². The van der Waals surface area contributed by atoms with Gasteiger partial charge in [0.1, 0.15) is 0 Å². The van der Waals surface area contributed by atoms with E-state index < -0.39 is 83.4 Å². The maximum absolute atomic E-state index is 14.1. The van der Waals surface area contributed by atoms with Crippen molar-refractivity contribution in [2.75, 3.05) is 32.9 Å². The van der Waals surface area contributed by atoms with Crippen LogP contribution >= 0.6 is 0 Å². The van der Waals surface area contributed by atoms with Gasteiger partial charge in [-0.05, 0) is 45.8 Å². The summed E-state index contributed by atoms with van der Waals surface area (Å²) in [6.07, 6.45) is -35.8. The van der Waals surface area contributed by atoms with Gasteiger partial charge in [-0.25, -0.2) is 21.9 Å². The first-order valence-electron chi connectivity index (χ1n) is 9.97. The molecular formula is C17H24F14N2O2S. The van der Waals surface area contributed by atoms with Crippen LogP contribution < -0.4 is 4.72 Å². The average Bonchev–Trinajstić information content (AvgIpc) is 2.61. The molecule has 0 amide bonds. The third-order valence-electron chi connectivity index (χ3n) is 5.07. The summed E-state index contributed by atoms with van der Waals surface area (Å²) in [6.45, 7) is 0.181. The van der Waals surface area contributed by atoms with Crippen LogP contribution in [-0.4, -0.2) is 82.3 Å². The molecule has 0 aromatic rings. The molecular weight excluding hydrogens is 562 g/mol. The van der Waals surface area contributed by atoms with Crippen molar-refractivity contribution < 1.29 is 69.9 Å². The lowest BCUT2D eigenvalue weighted by molar-refractivity contribution is -0.356. The van der Waals surface area contributed by atoms with Crippen LogP contribution in [0.2, 0.25) is 0 Å². The maximum Gasteiger partial charge on any atom is 0.431 e. The van der Waals surface area contributed by atoms with E-state index in [-0.39, 0.29) is 13.0 Å². The predicted octanol–water partition coefficient (Wildman–Crippen LogP) is 5.70. The molecule has 0 bridgehead atoms. The molecule has 0 unspecified atom stereocenters. The van der Waals surface area contributed by atoms with Gasteiger partial charge in [-0.15, -0.1) is 0 Å². The first-order valence-corrected chi connectivity index (χ1v) is 11.6. The number of nitrogens with zero attached hydrogens (tertiary/aromatic N) is 1. The van der Waals surface area contributed by atoms with Gasteiger partial charge in [0.15, 0.2) is 0 Å². The molecule has 1 N–H and O–H groups in total. The van der Waals surface area contributed by atoms with Gasteiger partial charge in [0.2, 0.25) is 10.0 Å². The van der Waals surface area contributed by atoms with Crippen LogP contribution in [0.4, 0.5) is 61.5 Å². The van der Waals surface area contributed by atoms with Gasteiger partial charge in [-0.2, -0.15) is 52.7 Å². The molecule has 0 rings (SSSR count). The first kappa shape index (κ1) is 34.9. The van der Waals surface area contributed by atoms with Crippen molar-refractivity contribution in [2.45, 2.75) is 68.1 Å². The molecule has 0 heterocycles. The molecule has 0 spiro atoms. The molecule has 0 aromatic carbocycles. The SMILES string of the molecule is CN(C)CCCNS(=O)(=O)CCCC(CC(F)(C(F)(F)F)C(F)(F)F)CC(F)(C(F)(F)F)C(F)(F)F. The highest BCUT2D eigenvalue weighted by molar-refractivity contribution is 7.89. The third kappa shape index (κ3) is 9.33. The summed E-state index contributed by atoms with van der Waals surface area (Å²) < 4.78 is 208. The van der Waals surface area contributed by atoms with E-state index in [0.717, 1.165) is 0 Å². The van der Waals surface area contributed by atoms with E-state index >= 15 is 0 Å². The van der Waals surface area contributed by atoms with Crippen molar-refractivity contribution in [2.24, 2.45) is 5.92 Å². The Kier molecular flexibility index (Phi) is 11.4. The summed E-state index contributed by atoms with van der Waals surface area (Å²) in [4.78, 5) is 1.65. The quantitative estimate of drug-likeness (QED) is 0.223. The normalized spacial score (nSPS) is 15.3. The zero-order valence-electron chi connectivity index (χ0n) is 18.7. The molecule has 0 saturated carbocycles. The Bertz CT molecular complexity index is 719. The molecule has 0 aliphatic rings. The molecule has 0 saturated heterocycles. The molecule has 0 aromatic heterocycles. The predicted molar refractivity (Wildman–Crippen MR) is 98.8 cm³/mol. The highest BCUT2D eigenvalue weighted by Gasteiger charge is 2.75. The largest absolute Gasteiger partial charge is 0.431 e. The first-order chi connectivity index (χ1) is 15.7. The summed E-state index contributed by atoms with van der Waals surface area (Å²) in [7, 11) is -1.05. The van der Waals surface area contributed by atoms with E-state index in [0.29, 0.717) is 6.54 Å². The minimum Gasteiger partial charge on any atom is -0.309 e. The number of hydrogen-bond donors (Lipinski definition) is 1. The lowest BCUT2D eigenvalue weighted by atomic mass is 9.80. The zero-order valence-corrected chi connectivity index (χ0v) is 19.5. The molecule has 0 aliphatic heterocycles. The molecule has 0 aliphatic carbocycles. The van der Waals surface area contributed by atoms with Crippen molar-refractivity contribution in [3.63, 3.8) is 0 Å². The number of nitrogens with one attached hydrogen (secondary N) is 1. The second-order valence-corrected chi connectivity index (χ2v) is 10.3. The van der Waals surface area contributed by atoms with Crippen LogP contribution in [0.3, 0.4) is 0 Å². The highest BCUT2D eigenvalue weighted by Crippen LogP contribution is 2.54. The molecule has 0 fully saturated rings. The van der Waals surface area contributed by atoms with Crippen LogP contribution in [0, 0.1) is 5.92 Å². The van der Waals surface area contributed by atoms with Crippen molar-refractivity contribution in [3.8, 4) is 0 Å². The third-order valence-corrected chi connectivity index (χ3v) is 6.54. The van der Waals surface area contributed by atoms with E-state index in [1.54, 1.807) is 19.0 Å². The number of rotatable bonds is 13. The Morgan fingerprint density at radius 3 is 1.33 bits per heavy atom. The molecule has 0 atom stereocenters. The fourth-order valence-electron chi connectivity index (χ4n) is 3.11. The van der Waals surface area contributed by atoms with Crippen LogP contribution in [0.5, 0.6) is 0 Å². The van der Waals surface area contributed by atoms with Gasteiger partial charge in [0.05, 0.1) is 5.75 Å². The molecule has 36 heavy (non-hydrogen) atoms. The lowest BCUT2D eigenvalue weighted by Crippen LogP contribution is -2.57. The Balaban J connectivity index is 5.95. The Hall–Kier alpha value is -1.11. The summed E-state index contributed by atoms with van der Waals surface area (Å²) in [5.74, 6) is -4.32. The lowest BCUT2D eigenvalue weighted by Gasteiger charge is -2.37. The average molecular weight is 586 g/mol. The highest BCUT2D eigenvalue weighted by atomic mass is 32.2. The standard InChI is InChI=1S/C17H24F14N2O2S/c1-33(2)7-4-6-32-36(34,35)8-3-5-11(9-12(18,14(20,21)22)15(23,24)25)10-13(19,16(26,27)28)17(29,30)31/h11,32H,3-10H2,1-2H3. The number of halogens is 14. The molecule has 0 radical (unpaired) electrons. The molecule has 4 nitrogen and oxygen atoms in total. The van der Waals surface area contributed by atoms with Crippen LogP contribution in [-0.2, 0) is 10.0 Å². The Morgan fingerprint density at radius 1 is 0.667 bits per heavy atom. The monoisotopic (exact) mass is 586 g/mol. The summed E-state index contributed by atoms with van der Waals surface area (Å²) in [5, 5.41) is 0. The maximum atomic E-state index is 14.1. The minimum absolute atomic E-state index is 0.199. The zero-order chi connectivity index (χ0) is 29.0. The van der Waals surface area contributed by atoms with E-state index in [1.165, 1.54) is 0 Å². The van der Waals surface area contributed by atoms with Crippen molar-refractivity contribution in [1.29, 1.82) is 0 Å². The second kappa shape index (κ2) is 11.7. The van der Waals surface area contributed by atoms with Crippen molar-refractivity contribution in [1.82, 2.24) is 9.62 Å². The van der Waals surface area contributed by atoms with Gasteiger partial charge in [0.25, 0.3) is 11.3 Å². The number of alkyl halides is 14. The topological polar surface area (TPSA) is 49.4 Å². The molecule has 218 valence electrons. The Morgan fingerprint density at radius 2 is 1.03 bits per heavy atom. The smallest absolute Gasteiger partial charge is 0.309 e. The van der Waals surface area contributed by atoms with Crippen molar-refractivity contribution >= 4 is 10.0 Å². The number of sulfonamides is 1.